The molecule has 1 aromatic carbocycles. The van der Waals surface area contributed by atoms with E-state index in [1.165, 1.54) is 0 Å². The average Bonchev–Trinajstić information content (AvgIpc) is 3.26. The number of carbonyl (C=O) groups excluding carboxylic acids is 1. The highest BCUT2D eigenvalue weighted by Crippen LogP contribution is 2.35. The Morgan fingerprint density at radius 1 is 1.28 bits per heavy atom. The van der Waals surface area contributed by atoms with Crippen LogP contribution in [0.25, 0.3) is 11.3 Å². The van der Waals surface area contributed by atoms with E-state index in [9.17, 15) is 4.79 Å². The molecule has 1 aliphatic rings. The number of halogens is 1. The van der Waals surface area contributed by atoms with Crippen LogP contribution in [0.5, 0.6) is 5.75 Å². The third-order valence-electron chi connectivity index (χ3n) is 5.24. The van der Waals surface area contributed by atoms with Gasteiger partial charge in [0, 0.05) is 25.9 Å². The van der Waals surface area contributed by atoms with Gasteiger partial charge in [-0.25, -0.2) is 0 Å². The van der Waals surface area contributed by atoms with Crippen molar-refractivity contribution in [3.63, 3.8) is 0 Å². The van der Waals surface area contributed by atoms with E-state index >= 15 is 0 Å². The van der Waals surface area contributed by atoms with Crippen molar-refractivity contribution in [1.82, 2.24) is 19.8 Å². The van der Waals surface area contributed by atoms with Crippen LogP contribution in [-0.4, -0.2) is 39.4 Å². The highest BCUT2D eigenvalue weighted by Gasteiger charge is 2.32. The first-order chi connectivity index (χ1) is 14.1. The van der Waals surface area contributed by atoms with E-state index in [-0.39, 0.29) is 17.6 Å². The second-order valence-electron chi connectivity index (χ2n) is 7.18. The van der Waals surface area contributed by atoms with E-state index in [2.05, 4.69) is 10.3 Å². The van der Waals surface area contributed by atoms with Gasteiger partial charge in [0.25, 0.3) is 5.91 Å². The number of amides is 1. The minimum Gasteiger partial charge on any atom is -0.496 e. The molecule has 3 heterocycles. The highest BCUT2D eigenvalue weighted by atomic mass is 35.5. The summed E-state index contributed by atoms with van der Waals surface area (Å²) < 4.78 is 12.5. The summed E-state index contributed by atoms with van der Waals surface area (Å²) in [5, 5.41) is 9.13. The first-order valence-electron chi connectivity index (χ1n) is 9.68. The van der Waals surface area contributed by atoms with Crippen molar-refractivity contribution in [3.05, 3.63) is 52.9 Å². The summed E-state index contributed by atoms with van der Waals surface area (Å²) in [7, 11) is 3.43. The third-order valence-corrected chi connectivity index (χ3v) is 5.53. The minimum absolute atomic E-state index is 0.176. The molecule has 1 fully saturated rings. The van der Waals surface area contributed by atoms with Gasteiger partial charge in [0.05, 0.1) is 23.7 Å². The molecule has 3 aromatic rings. The van der Waals surface area contributed by atoms with Crippen molar-refractivity contribution < 1.29 is 14.1 Å². The Hall–Kier alpha value is -2.80. The van der Waals surface area contributed by atoms with Gasteiger partial charge in [0.15, 0.2) is 11.5 Å². The van der Waals surface area contributed by atoms with Gasteiger partial charge in [0.1, 0.15) is 11.4 Å². The topological polar surface area (TPSA) is 73.4 Å². The van der Waals surface area contributed by atoms with Crippen molar-refractivity contribution in [3.8, 4) is 17.1 Å². The number of ether oxygens (including phenoxy) is 1. The molecule has 7 nitrogen and oxygen atoms in total. The lowest BCUT2D eigenvalue weighted by molar-refractivity contribution is 0.0666. The quantitative estimate of drug-likeness (QED) is 0.628. The van der Waals surface area contributed by atoms with Gasteiger partial charge >= 0.3 is 0 Å². The van der Waals surface area contributed by atoms with Crippen LogP contribution in [0, 0.1) is 0 Å². The maximum atomic E-state index is 13.3. The zero-order chi connectivity index (χ0) is 20.4. The normalized spacial score (nSPS) is 17.2. The number of aromatic nitrogens is 3. The third kappa shape index (κ3) is 3.87. The van der Waals surface area contributed by atoms with E-state index in [0.29, 0.717) is 23.1 Å². The van der Waals surface area contributed by atoms with Crippen molar-refractivity contribution in [2.24, 2.45) is 7.05 Å². The van der Waals surface area contributed by atoms with E-state index in [1.807, 2.05) is 36.2 Å². The fourth-order valence-electron chi connectivity index (χ4n) is 3.84. The van der Waals surface area contributed by atoms with Gasteiger partial charge in [-0.05, 0) is 25.0 Å². The first kappa shape index (κ1) is 19.5. The maximum Gasteiger partial charge on any atom is 0.276 e. The number of rotatable bonds is 4. The van der Waals surface area contributed by atoms with Gasteiger partial charge < -0.3 is 14.2 Å². The summed E-state index contributed by atoms with van der Waals surface area (Å²) in [6.07, 6.45) is 5.60. The van der Waals surface area contributed by atoms with E-state index in [1.54, 1.807) is 24.1 Å². The Morgan fingerprint density at radius 3 is 2.86 bits per heavy atom. The fraction of sp³-hybridized carbons (Fsp3) is 0.381. The molecule has 0 bridgehead atoms. The Bertz CT molecular complexity index is 1010. The molecule has 1 aliphatic heterocycles. The van der Waals surface area contributed by atoms with E-state index < -0.39 is 0 Å². The van der Waals surface area contributed by atoms with Crippen molar-refractivity contribution in [1.29, 1.82) is 0 Å². The summed E-state index contributed by atoms with van der Waals surface area (Å²) in [6.45, 7) is 0.632. The number of aryl methyl sites for hydroxylation is 1. The Balaban J connectivity index is 1.65. The number of para-hydroxylation sites is 1. The summed E-state index contributed by atoms with van der Waals surface area (Å²) in [6, 6.07) is 8.97. The molecule has 8 heteroatoms. The minimum atomic E-state index is -0.177. The standard InChI is InChI=1S/C21H23ClN4O3/c1-25-13-15(22)20(23-25)17-9-4-3-7-11-26(17)21(27)16-12-19(29-24-16)14-8-5-6-10-18(14)28-2/h5-6,8,10,12-13,17H,3-4,7,9,11H2,1-2H3/t17-/m1/s1. The molecule has 0 N–H and O–H groups in total. The number of methoxy groups -OCH3 is 1. The number of nitrogens with zero attached hydrogens (tertiary/aromatic N) is 4. The number of hydrogen-bond donors (Lipinski definition) is 0. The molecule has 1 atom stereocenters. The monoisotopic (exact) mass is 414 g/mol. The fourth-order valence-corrected chi connectivity index (χ4v) is 4.14. The molecular weight excluding hydrogens is 392 g/mol. The first-order valence-corrected chi connectivity index (χ1v) is 10.1. The predicted octanol–water partition coefficient (Wildman–Crippen LogP) is 4.49. The maximum absolute atomic E-state index is 13.3. The summed E-state index contributed by atoms with van der Waals surface area (Å²) >= 11 is 6.40. The zero-order valence-corrected chi connectivity index (χ0v) is 17.2. The lowest BCUT2D eigenvalue weighted by atomic mass is 10.1. The molecule has 29 heavy (non-hydrogen) atoms. The zero-order valence-electron chi connectivity index (χ0n) is 16.5. The van der Waals surface area contributed by atoms with Crippen LogP contribution in [0.1, 0.15) is 47.9 Å². The van der Waals surface area contributed by atoms with Gasteiger partial charge in [-0.3, -0.25) is 9.48 Å². The molecule has 0 spiro atoms. The number of benzene rings is 1. The number of carbonyl (C=O) groups is 1. The van der Waals surface area contributed by atoms with Crippen molar-refractivity contribution in [2.45, 2.75) is 31.7 Å². The van der Waals surface area contributed by atoms with Crippen LogP contribution in [0.4, 0.5) is 0 Å². The van der Waals surface area contributed by atoms with E-state index in [4.69, 9.17) is 20.9 Å². The van der Waals surface area contributed by atoms with Gasteiger partial charge in [0.2, 0.25) is 0 Å². The van der Waals surface area contributed by atoms with Gasteiger partial charge in [-0.15, -0.1) is 0 Å². The molecule has 0 saturated carbocycles. The largest absolute Gasteiger partial charge is 0.496 e. The smallest absolute Gasteiger partial charge is 0.276 e. The Morgan fingerprint density at radius 2 is 2.10 bits per heavy atom. The van der Waals surface area contributed by atoms with Crippen LogP contribution in [0.3, 0.4) is 0 Å². The van der Waals surface area contributed by atoms with Crippen LogP contribution in [-0.2, 0) is 7.05 Å². The molecule has 0 unspecified atom stereocenters. The molecule has 1 saturated heterocycles. The van der Waals surface area contributed by atoms with Crippen molar-refractivity contribution >= 4 is 17.5 Å². The van der Waals surface area contributed by atoms with Gasteiger partial charge in [-0.1, -0.05) is 41.7 Å². The van der Waals surface area contributed by atoms with Crippen molar-refractivity contribution in [2.75, 3.05) is 13.7 Å². The summed E-state index contributed by atoms with van der Waals surface area (Å²) in [4.78, 5) is 15.2. The second-order valence-corrected chi connectivity index (χ2v) is 7.58. The van der Waals surface area contributed by atoms with Crippen LogP contribution in [0.2, 0.25) is 5.02 Å². The van der Waals surface area contributed by atoms with Crippen LogP contribution >= 0.6 is 11.6 Å². The highest BCUT2D eigenvalue weighted by molar-refractivity contribution is 6.31. The van der Waals surface area contributed by atoms with E-state index in [0.717, 1.165) is 36.9 Å². The number of likely N-dealkylation sites (tertiary alicyclic amines) is 1. The molecule has 4 rings (SSSR count). The molecular formula is C21H23ClN4O3. The molecule has 2 aromatic heterocycles. The Labute approximate surface area is 174 Å². The van der Waals surface area contributed by atoms with Gasteiger partial charge in [-0.2, -0.15) is 5.10 Å². The number of hydrogen-bond acceptors (Lipinski definition) is 5. The lowest BCUT2D eigenvalue weighted by Gasteiger charge is -2.28. The SMILES string of the molecule is COc1ccccc1-c1cc(C(=O)N2CCCCC[C@@H]2c2nn(C)cc2Cl)no1. The molecule has 0 aliphatic carbocycles. The Kier molecular flexibility index (Phi) is 5.58. The summed E-state index contributed by atoms with van der Waals surface area (Å²) in [5.74, 6) is 0.979. The second kappa shape index (κ2) is 8.29. The molecule has 1 amide bonds. The molecule has 0 radical (unpaired) electrons. The predicted molar refractivity (Wildman–Crippen MR) is 109 cm³/mol. The van der Waals surface area contributed by atoms with Crippen LogP contribution < -0.4 is 4.74 Å². The average molecular weight is 415 g/mol. The summed E-state index contributed by atoms with van der Waals surface area (Å²) in [5.41, 5.74) is 1.75. The van der Waals surface area contributed by atoms with Crippen LogP contribution in [0.15, 0.2) is 41.1 Å². The lowest BCUT2D eigenvalue weighted by Crippen LogP contribution is -2.35. The molecule has 152 valence electrons.